The molecule has 1 heterocycles. The highest BCUT2D eigenvalue weighted by Crippen LogP contribution is 2.21. The predicted octanol–water partition coefficient (Wildman–Crippen LogP) is 5.31. The zero-order chi connectivity index (χ0) is 17.1. The summed E-state index contributed by atoms with van der Waals surface area (Å²) < 4.78 is 5.40. The number of aromatic nitrogens is 1. The number of carbonyl (C=O) groups is 1. The fourth-order valence-corrected chi connectivity index (χ4v) is 2.82. The van der Waals surface area contributed by atoms with Crippen LogP contribution in [0.5, 0.6) is 0 Å². The van der Waals surface area contributed by atoms with Gasteiger partial charge >= 0.3 is 5.97 Å². The highest BCUT2D eigenvalue weighted by atomic mass is 35.5. The lowest BCUT2D eigenvalue weighted by Gasteiger charge is -2.06. The number of hydrogen-bond donors (Lipinski definition) is 1. The van der Waals surface area contributed by atoms with Crippen molar-refractivity contribution in [3.63, 3.8) is 0 Å². The van der Waals surface area contributed by atoms with Gasteiger partial charge in [0.15, 0.2) is 0 Å². The molecule has 1 N–H and O–H groups in total. The van der Waals surface area contributed by atoms with Crippen molar-refractivity contribution in [1.82, 2.24) is 4.98 Å². The monoisotopic (exact) mass is 339 g/mol. The van der Waals surface area contributed by atoms with Gasteiger partial charge in [-0.2, -0.15) is 0 Å². The minimum atomic E-state index is -0.366. The van der Waals surface area contributed by atoms with Crippen LogP contribution in [0.3, 0.4) is 0 Å². The number of carbonyl (C=O) groups excluding carboxylic acids is 1. The third-order valence-electron chi connectivity index (χ3n) is 3.71. The maximum Gasteiger partial charge on any atom is 0.355 e. The Morgan fingerprint density at radius 2 is 1.67 bits per heavy atom. The maximum atomic E-state index is 12.2. The molecule has 4 heteroatoms. The number of H-pyrrole nitrogens is 1. The third-order valence-corrected chi connectivity index (χ3v) is 3.96. The summed E-state index contributed by atoms with van der Waals surface area (Å²) in [6, 6.07) is 17.2. The molecule has 0 fully saturated rings. The van der Waals surface area contributed by atoms with Crippen molar-refractivity contribution in [2.24, 2.45) is 0 Å². The van der Waals surface area contributed by atoms with Crippen molar-refractivity contribution in [3.05, 3.63) is 82.0 Å². The molecule has 0 saturated carbocycles. The van der Waals surface area contributed by atoms with E-state index in [2.05, 4.69) is 11.1 Å². The minimum absolute atomic E-state index is 0.261. The van der Waals surface area contributed by atoms with Gasteiger partial charge in [0.05, 0.1) is 0 Å². The molecule has 24 heavy (non-hydrogen) atoms. The van der Waals surface area contributed by atoms with Crippen molar-refractivity contribution in [1.29, 1.82) is 0 Å². The van der Waals surface area contributed by atoms with Crippen LogP contribution in [0.25, 0.3) is 11.3 Å². The van der Waals surface area contributed by atoms with E-state index in [1.54, 1.807) is 6.07 Å². The van der Waals surface area contributed by atoms with Crippen LogP contribution in [-0.2, 0) is 11.3 Å². The van der Waals surface area contributed by atoms with Gasteiger partial charge in [0.1, 0.15) is 12.3 Å². The molecule has 122 valence electrons. The molecule has 0 saturated heterocycles. The number of rotatable bonds is 4. The van der Waals surface area contributed by atoms with Gasteiger partial charge in [-0.25, -0.2) is 4.79 Å². The maximum absolute atomic E-state index is 12.2. The van der Waals surface area contributed by atoms with Gasteiger partial charge < -0.3 is 9.72 Å². The van der Waals surface area contributed by atoms with Crippen molar-refractivity contribution < 1.29 is 9.53 Å². The molecule has 0 bridgehead atoms. The number of ether oxygens (including phenoxy) is 1. The standard InChI is InChI=1S/C20H18ClNO2/c1-13-9-14(2)11-15(10-13)12-24-20(23)19-8-7-18(22-19)16-3-5-17(21)6-4-16/h3-11,22H,12H2,1-2H3. The molecule has 2 aromatic carbocycles. The van der Waals surface area contributed by atoms with E-state index >= 15 is 0 Å². The summed E-state index contributed by atoms with van der Waals surface area (Å²) in [5.74, 6) is -0.366. The van der Waals surface area contributed by atoms with E-state index in [1.807, 2.05) is 56.3 Å². The molecule has 0 aliphatic heterocycles. The first-order chi connectivity index (χ1) is 11.5. The van der Waals surface area contributed by atoms with Gasteiger partial charge in [-0.05, 0) is 49.2 Å². The Bertz CT molecular complexity index is 845. The number of nitrogens with one attached hydrogen (secondary N) is 1. The summed E-state index contributed by atoms with van der Waals surface area (Å²) in [4.78, 5) is 15.3. The molecule has 1 aromatic heterocycles. The number of aryl methyl sites for hydroxylation is 2. The second-order valence-corrected chi connectivity index (χ2v) is 6.30. The summed E-state index contributed by atoms with van der Waals surface area (Å²) in [7, 11) is 0. The van der Waals surface area contributed by atoms with Crippen molar-refractivity contribution in [2.75, 3.05) is 0 Å². The number of benzene rings is 2. The molecule has 3 nitrogen and oxygen atoms in total. The minimum Gasteiger partial charge on any atom is -0.456 e. The second-order valence-electron chi connectivity index (χ2n) is 5.86. The lowest BCUT2D eigenvalue weighted by atomic mass is 10.1. The number of halogens is 1. The van der Waals surface area contributed by atoms with Crippen LogP contribution in [0.2, 0.25) is 5.02 Å². The summed E-state index contributed by atoms with van der Waals surface area (Å²) in [6.45, 7) is 4.32. The van der Waals surface area contributed by atoms with Crippen LogP contribution >= 0.6 is 11.6 Å². The summed E-state index contributed by atoms with van der Waals surface area (Å²) in [6.07, 6.45) is 0. The van der Waals surface area contributed by atoms with Gasteiger partial charge in [-0.15, -0.1) is 0 Å². The Hall–Kier alpha value is -2.52. The first-order valence-electron chi connectivity index (χ1n) is 7.70. The van der Waals surface area contributed by atoms with Crippen molar-refractivity contribution in [3.8, 4) is 11.3 Å². The predicted molar refractivity (Wildman–Crippen MR) is 96.3 cm³/mol. The Labute approximate surface area is 146 Å². The summed E-state index contributed by atoms with van der Waals surface area (Å²) in [5.41, 5.74) is 5.56. The number of hydrogen-bond acceptors (Lipinski definition) is 2. The van der Waals surface area contributed by atoms with Gasteiger partial charge in [0, 0.05) is 10.7 Å². The highest BCUT2D eigenvalue weighted by molar-refractivity contribution is 6.30. The van der Waals surface area contributed by atoms with Crippen molar-refractivity contribution in [2.45, 2.75) is 20.5 Å². The van der Waals surface area contributed by atoms with Gasteiger partial charge in [0.2, 0.25) is 0 Å². The van der Waals surface area contributed by atoms with Crippen LogP contribution in [-0.4, -0.2) is 11.0 Å². The Balaban J connectivity index is 1.68. The molecule has 0 aliphatic carbocycles. The molecule has 3 aromatic rings. The Morgan fingerprint density at radius 3 is 2.33 bits per heavy atom. The smallest absolute Gasteiger partial charge is 0.355 e. The summed E-state index contributed by atoms with van der Waals surface area (Å²) in [5, 5.41) is 0.679. The number of esters is 1. The van der Waals surface area contributed by atoms with Crippen LogP contribution in [0.4, 0.5) is 0 Å². The molecule has 0 atom stereocenters. The lowest BCUT2D eigenvalue weighted by Crippen LogP contribution is -2.06. The molecular weight excluding hydrogens is 322 g/mol. The molecule has 0 amide bonds. The van der Waals surface area contributed by atoms with Crippen LogP contribution in [0.15, 0.2) is 54.6 Å². The first kappa shape index (κ1) is 16.3. The lowest BCUT2D eigenvalue weighted by molar-refractivity contribution is 0.0466. The fourth-order valence-electron chi connectivity index (χ4n) is 2.69. The van der Waals surface area contributed by atoms with E-state index in [4.69, 9.17) is 16.3 Å². The van der Waals surface area contributed by atoms with Crippen LogP contribution in [0, 0.1) is 13.8 Å². The second kappa shape index (κ2) is 6.93. The fraction of sp³-hybridized carbons (Fsp3) is 0.150. The molecule has 0 unspecified atom stereocenters. The van der Waals surface area contributed by atoms with E-state index in [0.29, 0.717) is 10.7 Å². The third kappa shape index (κ3) is 3.87. The zero-order valence-corrected chi connectivity index (χ0v) is 14.4. The van der Waals surface area contributed by atoms with Gasteiger partial charge in [-0.3, -0.25) is 0 Å². The Kier molecular flexibility index (Phi) is 4.72. The van der Waals surface area contributed by atoms with E-state index in [1.165, 1.54) is 0 Å². The normalized spacial score (nSPS) is 10.6. The average Bonchev–Trinajstić information content (AvgIpc) is 3.02. The highest BCUT2D eigenvalue weighted by Gasteiger charge is 2.11. The molecule has 0 spiro atoms. The Morgan fingerprint density at radius 1 is 1.00 bits per heavy atom. The van der Waals surface area contributed by atoms with Crippen LogP contribution in [0.1, 0.15) is 27.2 Å². The van der Waals surface area contributed by atoms with Crippen LogP contribution < -0.4 is 0 Å². The molecule has 0 radical (unpaired) electrons. The topological polar surface area (TPSA) is 42.1 Å². The van der Waals surface area contributed by atoms with E-state index in [-0.39, 0.29) is 12.6 Å². The van der Waals surface area contributed by atoms with Gasteiger partial charge in [0.25, 0.3) is 0 Å². The quantitative estimate of drug-likeness (QED) is 0.654. The molecule has 0 aliphatic rings. The molecule has 3 rings (SSSR count). The van der Waals surface area contributed by atoms with E-state index in [9.17, 15) is 4.79 Å². The average molecular weight is 340 g/mol. The number of aromatic amines is 1. The van der Waals surface area contributed by atoms with E-state index in [0.717, 1.165) is 27.9 Å². The largest absolute Gasteiger partial charge is 0.456 e. The first-order valence-corrected chi connectivity index (χ1v) is 8.08. The molecular formula is C20H18ClNO2. The van der Waals surface area contributed by atoms with E-state index < -0.39 is 0 Å². The zero-order valence-electron chi connectivity index (χ0n) is 13.6. The van der Waals surface area contributed by atoms with Crippen molar-refractivity contribution >= 4 is 17.6 Å². The van der Waals surface area contributed by atoms with Gasteiger partial charge in [-0.1, -0.05) is 53.1 Å². The SMILES string of the molecule is Cc1cc(C)cc(COC(=O)c2ccc(-c3ccc(Cl)cc3)[nH]2)c1. The summed E-state index contributed by atoms with van der Waals surface area (Å²) >= 11 is 5.89.